The number of rotatable bonds is 5. The second-order valence-electron chi connectivity index (χ2n) is 6.79. The molecule has 7 nitrogen and oxygen atoms in total. The zero-order chi connectivity index (χ0) is 17.7. The van der Waals surface area contributed by atoms with Crippen molar-refractivity contribution in [2.75, 3.05) is 11.9 Å². The highest BCUT2D eigenvalue weighted by Crippen LogP contribution is 2.20. The fourth-order valence-electron chi connectivity index (χ4n) is 2.28. The molecule has 1 saturated carbocycles. The van der Waals surface area contributed by atoms with Gasteiger partial charge < -0.3 is 20.7 Å². The molecule has 0 atom stereocenters. The van der Waals surface area contributed by atoms with Gasteiger partial charge in [-0.3, -0.25) is 4.79 Å². The summed E-state index contributed by atoms with van der Waals surface area (Å²) in [6, 6.07) is 5.63. The van der Waals surface area contributed by atoms with E-state index >= 15 is 0 Å². The van der Waals surface area contributed by atoms with E-state index in [1.807, 2.05) is 20.8 Å². The topological polar surface area (TPSA) is 92.4 Å². The SMILES string of the molecule is CC(C)(C)OC(=O)N[C@H]1C[C@H](NCC(=O)Nc2cccc(Br)n2)C1. The number of ether oxygens (including phenoxy) is 1. The van der Waals surface area contributed by atoms with Crippen LogP contribution >= 0.6 is 15.9 Å². The van der Waals surface area contributed by atoms with Crippen molar-refractivity contribution in [3.8, 4) is 0 Å². The molecule has 1 aromatic rings. The Balaban J connectivity index is 1.62. The van der Waals surface area contributed by atoms with Gasteiger partial charge in [0.2, 0.25) is 5.91 Å². The highest BCUT2D eigenvalue weighted by molar-refractivity contribution is 9.10. The van der Waals surface area contributed by atoms with Crippen LogP contribution in [-0.2, 0) is 9.53 Å². The lowest BCUT2D eigenvalue weighted by atomic mass is 9.87. The lowest BCUT2D eigenvalue weighted by Crippen LogP contribution is -2.54. The Morgan fingerprint density at radius 3 is 2.62 bits per heavy atom. The van der Waals surface area contributed by atoms with E-state index < -0.39 is 11.7 Å². The molecule has 2 amide bonds. The van der Waals surface area contributed by atoms with Gasteiger partial charge in [0.25, 0.3) is 0 Å². The predicted molar refractivity (Wildman–Crippen MR) is 94.7 cm³/mol. The van der Waals surface area contributed by atoms with Crippen LogP contribution in [0.4, 0.5) is 10.6 Å². The van der Waals surface area contributed by atoms with Crippen LogP contribution in [0.15, 0.2) is 22.8 Å². The second-order valence-corrected chi connectivity index (χ2v) is 7.60. The lowest BCUT2D eigenvalue weighted by molar-refractivity contribution is -0.115. The predicted octanol–water partition coefficient (Wildman–Crippen LogP) is 2.43. The van der Waals surface area contributed by atoms with Crippen molar-refractivity contribution in [2.24, 2.45) is 0 Å². The fourth-order valence-corrected chi connectivity index (χ4v) is 2.62. The van der Waals surface area contributed by atoms with Crippen molar-refractivity contribution < 1.29 is 14.3 Å². The number of amides is 2. The number of hydrogen-bond acceptors (Lipinski definition) is 5. The van der Waals surface area contributed by atoms with E-state index in [-0.39, 0.29) is 24.5 Å². The van der Waals surface area contributed by atoms with Crippen LogP contribution in [0.25, 0.3) is 0 Å². The number of alkyl carbamates (subject to hydrolysis) is 1. The Bertz CT molecular complexity index is 597. The molecule has 2 rings (SSSR count). The molecule has 24 heavy (non-hydrogen) atoms. The molecule has 1 aliphatic carbocycles. The first-order chi connectivity index (χ1) is 11.2. The third kappa shape index (κ3) is 6.45. The molecule has 132 valence electrons. The summed E-state index contributed by atoms with van der Waals surface area (Å²) in [7, 11) is 0. The maximum Gasteiger partial charge on any atom is 0.407 e. The minimum absolute atomic E-state index is 0.0900. The van der Waals surface area contributed by atoms with Crippen LogP contribution in [0.3, 0.4) is 0 Å². The van der Waals surface area contributed by atoms with Crippen LogP contribution in [0.2, 0.25) is 0 Å². The highest BCUT2D eigenvalue weighted by atomic mass is 79.9. The highest BCUT2D eigenvalue weighted by Gasteiger charge is 2.31. The number of nitrogens with one attached hydrogen (secondary N) is 3. The molecular weight excluding hydrogens is 376 g/mol. The average Bonchev–Trinajstić information content (AvgIpc) is 2.39. The van der Waals surface area contributed by atoms with Crippen molar-refractivity contribution in [3.63, 3.8) is 0 Å². The summed E-state index contributed by atoms with van der Waals surface area (Å²) in [5.41, 5.74) is -0.496. The van der Waals surface area contributed by atoms with Crippen molar-refractivity contribution in [2.45, 2.75) is 51.3 Å². The molecular formula is C16H23BrN4O3. The van der Waals surface area contributed by atoms with E-state index in [1.54, 1.807) is 18.2 Å². The quantitative estimate of drug-likeness (QED) is 0.662. The maximum absolute atomic E-state index is 11.9. The summed E-state index contributed by atoms with van der Waals surface area (Å²) in [6.07, 6.45) is 1.16. The first-order valence-electron chi connectivity index (χ1n) is 7.86. The van der Waals surface area contributed by atoms with Gasteiger partial charge in [-0.2, -0.15) is 0 Å². The Morgan fingerprint density at radius 2 is 2.00 bits per heavy atom. The van der Waals surface area contributed by atoms with Crippen molar-refractivity contribution in [1.82, 2.24) is 15.6 Å². The fraction of sp³-hybridized carbons (Fsp3) is 0.562. The van der Waals surface area contributed by atoms with Crippen LogP contribution in [0.5, 0.6) is 0 Å². The molecule has 0 aliphatic heterocycles. The van der Waals surface area contributed by atoms with Crippen molar-refractivity contribution in [1.29, 1.82) is 0 Å². The zero-order valence-corrected chi connectivity index (χ0v) is 15.6. The van der Waals surface area contributed by atoms with Gasteiger partial charge in [-0.1, -0.05) is 6.07 Å². The molecule has 1 heterocycles. The minimum atomic E-state index is -0.496. The molecule has 1 aliphatic rings. The van der Waals surface area contributed by atoms with Crippen molar-refractivity contribution in [3.05, 3.63) is 22.8 Å². The number of aromatic nitrogens is 1. The van der Waals surface area contributed by atoms with E-state index in [0.717, 1.165) is 12.8 Å². The summed E-state index contributed by atoms with van der Waals surface area (Å²) in [6.45, 7) is 5.70. The third-order valence-corrected chi connectivity index (χ3v) is 3.83. The molecule has 1 aromatic heterocycles. The number of pyridine rings is 1. The summed E-state index contributed by atoms with van der Waals surface area (Å²) in [5.74, 6) is 0.360. The number of carbonyl (C=O) groups is 2. The first kappa shape index (κ1) is 18.7. The smallest absolute Gasteiger partial charge is 0.407 e. The zero-order valence-electron chi connectivity index (χ0n) is 14.1. The molecule has 0 radical (unpaired) electrons. The monoisotopic (exact) mass is 398 g/mol. The normalized spacial score (nSPS) is 20.0. The second kappa shape index (κ2) is 7.94. The molecule has 0 aromatic carbocycles. The van der Waals surface area contributed by atoms with Gasteiger partial charge in [-0.25, -0.2) is 9.78 Å². The van der Waals surface area contributed by atoms with E-state index in [9.17, 15) is 9.59 Å². The Kier molecular flexibility index (Phi) is 6.17. The Morgan fingerprint density at radius 1 is 1.29 bits per heavy atom. The summed E-state index contributed by atoms with van der Waals surface area (Å²) in [4.78, 5) is 27.6. The summed E-state index contributed by atoms with van der Waals surface area (Å²) in [5, 5.41) is 8.70. The minimum Gasteiger partial charge on any atom is -0.444 e. The summed E-state index contributed by atoms with van der Waals surface area (Å²) < 4.78 is 5.88. The Labute approximate surface area is 150 Å². The molecule has 3 N–H and O–H groups in total. The lowest BCUT2D eigenvalue weighted by Gasteiger charge is -2.36. The average molecular weight is 399 g/mol. The molecule has 8 heteroatoms. The van der Waals surface area contributed by atoms with Gasteiger partial charge in [-0.15, -0.1) is 0 Å². The van der Waals surface area contributed by atoms with Crippen LogP contribution in [0.1, 0.15) is 33.6 Å². The van der Waals surface area contributed by atoms with Crippen LogP contribution < -0.4 is 16.0 Å². The van der Waals surface area contributed by atoms with Gasteiger partial charge in [0.15, 0.2) is 0 Å². The molecule has 0 spiro atoms. The molecule has 1 fully saturated rings. The van der Waals surface area contributed by atoms with E-state index in [4.69, 9.17) is 4.74 Å². The number of hydrogen-bond donors (Lipinski definition) is 3. The van der Waals surface area contributed by atoms with Crippen LogP contribution in [0, 0.1) is 0 Å². The number of nitrogens with zero attached hydrogens (tertiary/aromatic N) is 1. The number of halogens is 1. The Hall–Kier alpha value is -1.67. The van der Waals surface area contributed by atoms with Crippen LogP contribution in [-0.4, -0.2) is 41.2 Å². The largest absolute Gasteiger partial charge is 0.444 e. The summed E-state index contributed by atoms with van der Waals surface area (Å²) >= 11 is 3.26. The molecule has 0 unspecified atom stereocenters. The van der Waals surface area contributed by atoms with Gasteiger partial charge in [0.05, 0.1) is 6.54 Å². The van der Waals surface area contributed by atoms with E-state index in [0.29, 0.717) is 10.4 Å². The maximum atomic E-state index is 11.9. The van der Waals surface area contributed by atoms with E-state index in [1.165, 1.54) is 0 Å². The number of anilines is 1. The van der Waals surface area contributed by atoms with Gasteiger partial charge >= 0.3 is 6.09 Å². The standard InChI is InChI=1S/C16H23BrN4O3/c1-16(2,3)24-15(23)19-11-7-10(8-11)18-9-14(22)21-13-6-4-5-12(17)20-13/h4-6,10-11,18H,7-9H2,1-3H3,(H,19,23)(H,20,21,22)/t10-,11-. The van der Waals surface area contributed by atoms with E-state index in [2.05, 4.69) is 36.9 Å². The van der Waals surface area contributed by atoms with Gasteiger partial charge in [0.1, 0.15) is 16.0 Å². The van der Waals surface area contributed by atoms with Gasteiger partial charge in [0, 0.05) is 12.1 Å². The van der Waals surface area contributed by atoms with Gasteiger partial charge in [-0.05, 0) is 61.7 Å². The number of carbonyl (C=O) groups excluding carboxylic acids is 2. The first-order valence-corrected chi connectivity index (χ1v) is 8.66. The van der Waals surface area contributed by atoms with Crippen molar-refractivity contribution >= 4 is 33.7 Å². The third-order valence-electron chi connectivity index (χ3n) is 3.39. The molecule has 0 saturated heterocycles. The molecule has 0 bridgehead atoms.